The summed E-state index contributed by atoms with van der Waals surface area (Å²) in [7, 11) is 0. The Balaban J connectivity index is 1.41. The molecule has 130 valence electrons. The van der Waals surface area contributed by atoms with Crippen molar-refractivity contribution >= 4 is 11.9 Å². The molecule has 5 heteroatoms. The monoisotopic (exact) mass is 337 g/mol. The Morgan fingerprint density at radius 1 is 1.04 bits per heavy atom. The van der Waals surface area contributed by atoms with E-state index in [9.17, 15) is 9.59 Å². The largest absolute Gasteiger partial charge is 0.354 e. The van der Waals surface area contributed by atoms with E-state index in [1.165, 1.54) is 5.56 Å². The second kappa shape index (κ2) is 8.33. The molecular formula is C20H23N3O2. The number of nitrogens with zero attached hydrogens (tertiary/aromatic N) is 1. The highest BCUT2D eigenvalue weighted by atomic mass is 16.2. The van der Waals surface area contributed by atoms with E-state index in [1.54, 1.807) is 4.90 Å². The molecule has 0 radical (unpaired) electrons. The van der Waals surface area contributed by atoms with Crippen LogP contribution in [-0.4, -0.2) is 36.0 Å². The number of hydrogen-bond acceptors (Lipinski definition) is 2. The Morgan fingerprint density at radius 2 is 1.68 bits per heavy atom. The molecule has 3 amide bonds. The van der Waals surface area contributed by atoms with Crippen LogP contribution in [0.5, 0.6) is 0 Å². The summed E-state index contributed by atoms with van der Waals surface area (Å²) in [4.78, 5) is 26.0. The highest BCUT2D eigenvalue weighted by molar-refractivity contribution is 5.90. The molecule has 1 unspecified atom stereocenters. The fraction of sp³-hybridized carbons (Fsp3) is 0.300. The average Bonchev–Trinajstić information content (AvgIpc) is 3.01. The molecule has 1 atom stereocenters. The number of benzene rings is 2. The molecule has 0 bridgehead atoms. The Labute approximate surface area is 148 Å². The van der Waals surface area contributed by atoms with E-state index >= 15 is 0 Å². The van der Waals surface area contributed by atoms with Crippen LogP contribution in [0.25, 0.3) is 0 Å². The third kappa shape index (κ3) is 4.83. The summed E-state index contributed by atoms with van der Waals surface area (Å²) in [6.07, 6.45) is 1.81. The third-order valence-corrected chi connectivity index (χ3v) is 4.30. The van der Waals surface area contributed by atoms with Gasteiger partial charge in [0.25, 0.3) is 0 Å². The third-order valence-electron chi connectivity index (χ3n) is 4.30. The van der Waals surface area contributed by atoms with E-state index in [0.717, 1.165) is 18.4 Å². The average molecular weight is 337 g/mol. The van der Waals surface area contributed by atoms with Crippen molar-refractivity contribution in [3.05, 3.63) is 71.8 Å². The Bertz CT molecular complexity index is 703. The van der Waals surface area contributed by atoms with Crippen LogP contribution in [0, 0.1) is 0 Å². The number of nitrogens with one attached hydrogen (secondary N) is 2. The smallest absolute Gasteiger partial charge is 0.318 e. The molecule has 25 heavy (non-hydrogen) atoms. The first-order valence-corrected chi connectivity index (χ1v) is 8.63. The lowest BCUT2D eigenvalue weighted by molar-refractivity contribution is -0.122. The summed E-state index contributed by atoms with van der Waals surface area (Å²) >= 11 is 0. The van der Waals surface area contributed by atoms with Crippen molar-refractivity contribution < 1.29 is 9.59 Å². The van der Waals surface area contributed by atoms with Crippen molar-refractivity contribution in [2.24, 2.45) is 0 Å². The van der Waals surface area contributed by atoms with Crippen LogP contribution in [0.1, 0.15) is 17.5 Å². The van der Waals surface area contributed by atoms with Crippen molar-refractivity contribution in [1.29, 1.82) is 0 Å². The number of carbonyl (C=O) groups is 2. The molecule has 5 nitrogen and oxygen atoms in total. The lowest BCUT2D eigenvalue weighted by Gasteiger charge is -2.14. The van der Waals surface area contributed by atoms with E-state index in [1.807, 2.05) is 48.5 Å². The summed E-state index contributed by atoms with van der Waals surface area (Å²) in [5, 5.41) is 5.68. The van der Waals surface area contributed by atoms with E-state index in [4.69, 9.17) is 0 Å². The summed E-state index contributed by atoms with van der Waals surface area (Å²) in [6, 6.07) is 19.3. The lowest BCUT2D eigenvalue weighted by Crippen LogP contribution is -2.43. The van der Waals surface area contributed by atoms with E-state index in [-0.39, 0.29) is 11.9 Å². The van der Waals surface area contributed by atoms with Crippen LogP contribution in [0.2, 0.25) is 0 Å². The fourth-order valence-corrected chi connectivity index (χ4v) is 2.95. The van der Waals surface area contributed by atoms with Crippen LogP contribution >= 0.6 is 0 Å². The number of aryl methyl sites for hydroxylation is 1. The summed E-state index contributed by atoms with van der Waals surface area (Å²) in [6.45, 7) is 1.53. The van der Waals surface area contributed by atoms with Gasteiger partial charge in [0.1, 0.15) is 6.04 Å². The predicted octanol–water partition coefficient (Wildman–Crippen LogP) is 2.33. The van der Waals surface area contributed by atoms with Gasteiger partial charge in [-0.15, -0.1) is 0 Å². The van der Waals surface area contributed by atoms with Crippen LogP contribution in [0.4, 0.5) is 4.79 Å². The van der Waals surface area contributed by atoms with Gasteiger partial charge in [0.05, 0.1) is 6.54 Å². The molecule has 1 heterocycles. The SMILES string of the molecule is O=C(NCCCc1ccccc1)C1CN(Cc2ccccc2)C(=O)N1. The van der Waals surface area contributed by atoms with Crippen molar-refractivity contribution in [2.75, 3.05) is 13.1 Å². The summed E-state index contributed by atoms with van der Waals surface area (Å²) in [5.74, 6) is -0.114. The lowest BCUT2D eigenvalue weighted by atomic mass is 10.1. The van der Waals surface area contributed by atoms with Gasteiger partial charge in [-0.3, -0.25) is 4.79 Å². The van der Waals surface area contributed by atoms with E-state index < -0.39 is 6.04 Å². The summed E-state index contributed by atoms with van der Waals surface area (Å²) < 4.78 is 0. The fourth-order valence-electron chi connectivity index (χ4n) is 2.95. The normalized spacial score (nSPS) is 16.6. The van der Waals surface area contributed by atoms with Gasteiger partial charge in [-0.05, 0) is 24.0 Å². The van der Waals surface area contributed by atoms with Gasteiger partial charge >= 0.3 is 6.03 Å². The predicted molar refractivity (Wildman–Crippen MR) is 96.9 cm³/mol. The molecule has 2 N–H and O–H groups in total. The maximum atomic E-state index is 12.2. The first kappa shape index (κ1) is 17.0. The second-order valence-electron chi connectivity index (χ2n) is 6.25. The highest BCUT2D eigenvalue weighted by Gasteiger charge is 2.33. The Kier molecular flexibility index (Phi) is 5.67. The molecule has 3 rings (SSSR count). The maximum Gasteiger partial charge on any atom is 0.318 e. The van der Waals surface area contributed by atoms with Crippen molar-refractivity contribution in [2.45, 2.75) is 25.4 Å². The van der Waals surface area contributed by atoms with Gasteiger partial charge in [-0.1, -0.05) is 60.7 Å². The minimum absolute atomic E-state index is 0.114. The van der Waals surface area contributed by atoms with Crippen molar-refractivity contribution in [3.63, 3.8) is 0 Å². The van der Waals surface area contributed by atoms with Gasteiger partial charge in [0, 0.05) is 13.1 Å². The molecular weight excluding hydrogens is 314 g/mol. The minimum Gasteiger partial charge on any atom is -0.354 e. The zero-order chi connectivity index (χ0) is 17.5. The van der Waals surface area contributed by atoms with Crippen molar-refractivity contribution in [3.8, 4) is 0 Å². The first-order chi connectivity index (χ1) is 12.2. The standard InChI is InChI=1S/C20H23N3O2/c24-19(21-13-7-12-16-8-3-1-4-9-16)18-15-23(20(25)22-18)14-17-10-5-2-6-11-17/h1-6,8-11,18H,7,12-15H2,(H,21,24)(H,22,25). The number of carbonyl (C=O) groups excluding carboxylic acids is 2. The highest BCUT2D eigenvalue weighted by Crippen LogP contribution is 2.10. The molecule has 0 aliphatic carbocycles. The van der Waals surface area contributed by atoms with Gasteiger partial charge in [0.2, 0.25) is 5.91 Å². The Morgan fingerprint density at radius 3 is 2.36 bits per heavy atom. The molecule has 2 aromatic carbocycles. The molecule has 1 fully saturated rings. The van der Waals surface area contributed by atoms with Gasteiger partial charge in [-0.2, -0.15) is 0 Å². The number of urea groups is 1. The van der Waals surface area contributed by atoms with Gasteiger partial charge < -0.3 is 15.5 Å². The van der Waals surface area contributed by atoms with Gasteiger partial charge in [0.15, 0.2) is 0 Å². The number of amides is 3. The molecule has 0 saturated carbocycles. The molecule has 0 aromatic heterocycles. The van der Waals surface area contributed by atoms with Crippen LogP contribution in [0.15, 0.2) is 60.7 Å². The molecule has 1 aliphatic rings. The molecule has 1 aliphatic heterocycles. The number of hydrogen-bond donors (Lipinski definition) is 2. The van der Waals surface area contributed by atoms with Crippen LogP contribution < -0.4 is 10.6 Å². The molecule has 2 aromatic rings. The minimum atomic E-state index is -0.479. The molecule has 1 saturated heterocycles. The summed E-state index contributed by atoms with van der Waals surface area (Å²) in [5.41, 5.74) is 2.32. The topological polar surface area (TPSA) is 61.4 Å². The second-order valence-corrected chi connectivity index (χ2v) is 6.25. The van der Waals surface area contributed by atoms with E-state index in [2.05, 4.69) is 22.8 Å². The van der Waals surface area contributed by atoms with Crippen LogP contribution in [0.3, 0.4) is 0 Å². The van der Waals surface area contributed by atoms with Gasteiger partial charge in [-0.25, -0.2) is 4.79 Å². The van der Waals surface area contributed by atoms with E-state index in [0.29, 0.717) is 19.6 Å². The number of rotatable bonds is 7. The quantitative estimate of drug-likeness (QED) is 0.762. The zero-order valence-corrected chi connectivity index (χ0v) is 14.2. The first-order valence-electron chi connectivity index (χ1n) is 8.63. The maximum absolute atomic E-state index is 12.2. The van der Waals surface area contributed by atoms with Crippen molar-refractivity contribution in [1.82, 2.24) is 15.5 Å². The Hall–Kier alpha value is -2.82. The van der Waals surface area contributed by atoms with Crippen LogP contribution in [-0.2, 0) is 17.8 Å². The zero-order valence-electron chi connectivity index (χ0n) is 14.2. The molecule has 0 spiro atoms.